The van der Waals surface area contributed by atoms with E-state index in [0.29, 0.717) is 12.2 Å². The van der Waals surface area contributed by atoms with Crippen LogP contribution in [0.2, 0.25) is 0 Å². The molecule has 0 bridgehead atoms. The predicted octanol–water partition coefficient (Wildman–Crippen LogP) is 1.99. The maximum Gasteiger partial charge on any atom is 0.374 e. The van der Waals surface area contributed by atoms with Crippen LogP contribution in [0.3, 0.4) is 0 Å². The Morgan fingerprint density at radius 2 is 2.16 bits per heavy atom. The Kier molecular flexibility index (Phi) is 4.14. The van der Waals surface area contributed by atoms with Crippen LogP contribution in [-0.4, -0.2) is 10.4 Å². The summed E-state index contributed by atoms with van der Waals surface area (Å²) in [7, 11) is 0. The minimum Gasteiger partial charge on any atom is -0.839 e. The van der Waals surface area contributed by atoms with Crippen molar-refractivity contribution in [3.8, 4) is 5.88 Å². The highest BCUT2D eigenvalue weighted by molar-refractivity contribution is 5.89. The summed E-state index contributed by atoms with van der Waals surface area (Å²) in [6.45, 7) is 2.62. The Labute approximate surface area is 111 Å². The van der Waals surface area contributed by atoms with Crippen LogP contribution >= 0.6 is 0 Å². The van der Waals surface area contributed by atoms with Gasteiger partial charge >= 0.3 is 6.04 Å². The summed E-state index contributed by atoms with van der Waals surface area (Å²) in [6, 6.07) is 3.47. The number of halogens is 1. The molecule has 2 aromatic heterocycles. The average Bonchev–Trinajstić information content (AvgIpc) is 2.67. The normalized spacial score (nSPS) is 11.1. The number of carbonyl (C=O) groups is 1. The van der Waals surface area contributed by atoms with Gasteiger partial charge in [0.05, 0.1) is 12.7 Å². The molecule has 0 saturated carbocycles. The monoisotopic (exact) mass is 264 g/mol. The van der Waals surface area contributed by atoms with Crippen LogP contribution in [0, 0.1) is 0 Å². The van der Waals surface area contributed by atoms with Gasteiger partial charge in [0.1, 0.15) is 5.88 Å². The van der Waals surface area contributed by atoms with E-state index in [4.69, 9.17) is 0 Å². The van der Waals surface area contributed by atoms with Crippen molar-refractivity contribution < 1.29 is 18.9 Å². The SMILES string of the molecule is CCCCCC[n+]1c([O-])c(C(=O)F)n2ccccc21. The number of rotatable bonds is 6. The van der Waals surface area contributed by atoms with Gasteiger partial charge in [0, 0.05) is 6.07 Å². The van der Waals surface area contributed by atoms with Gasteiger partial charge in [0.15, 0.2) is 0 Å². The topological polar surface area (TPSA) is 48.4 Å². The Hall–Kier alpha value is -1.91. The zero-order valence-corrected chi connectivity index (χ0v) is 10.9. The molecule has 4 nitrogen and oxygen atoms in total. The van der Waals surface area contributed by atoms with Crippen molar-refractivity contribution >= 4 is 11.7 Å². The lowest BCUT2D eigenvalue weighted by Crippen LogP contribution is -2.36. The van der Waals surface area contributed by atoms with Crippen molar-refractivity contribution in [1.29, 1.82) is 0 Å². The predicted molar refractivity (Wildman–Crippen MR) is 66.6 cm³/mol. The Balaban J connectivity index is 2.37. The van der Waals surface area contributed by atoms with Crippen LogP contribution in [0.15, 0.2) is 24.4 Å². The summed E-state index contributed by atoms with van der Waals surface area (Å²) in [4.78, 5) is 11.0. The number of nitrogens with zero attached hydrogens (tertiary/aromatic N) is 2. The summed E-state index contributed by atoms with van der Waals surface area (Å²) in [5.74, 6) is -0.546. The Bertz CT molecular complexity index is 592. The first kappa shape index (κ1) is 13.5. The molecule has 5 heteroatoms. The average molecular weight is 264 g/mol. The molecule has 0 aliphatic carbocycles. The minimum absolute atomic E-state index is 0.411. The number of aryl methyl sites for hydroxylation is 1. The minimum atomic E-state index is -1.68. The lowest BCUT2D eigenvalue weighted by Gasteiger charge is -2.05. The maximum atomic E-state index is 13.0. The number of aromatic nitrogens is 2. The summed E-state index contributed by atoms with van der Waals surface area (Å²) in [6.07, 6.45) is 5.62. The van der Waals surface area contributed by atoms with Crippen LogP contribution in [-0.2, 0) is 6.54 Å². The Morgan fingerprint density at radius 3 is 2.84 bits per heavy atom. The molecule has 0 unspecified atom stereocenters. The molecule has 0 spiro atoms. The van der Waals surface area contributed by atoms with Crippen LogP contribution in [0.4, 0.5) is 4.39 Å². The van der Waals surface area contributed by atoms with E-state index < -0.39 is 17.6 Å². The molecular weight excluding hydrogens is 247 g/mol. The van der Waals surface area contributed by atoms with Crippen molar-refractivity contribution in [2.24, 2.45) is 0 Å². The van der Waals surface area contributed by atoms with E-state index in [1.807, 2.05) is 0 Å². The molecule has 2 aromatic rings. The van der Waals surface area contributed by atoms with Gasteiger partial charge in [-0.15, -0.1) is 0 Å². The number of unbranched alkanes of at least 4 members (excludes halogenated alkanes) is 3. The molecular formula is C14H17FN2O2. The van der Waals surface area contributed by atoms with Crippen LogP contribution in [0.5, 0.6) is 5.88 Å². The molecule has 0 amide bonds. The second kappa shape index (κ2) is 5.82. The zero-order valence-electron chi connectivity index (χ0n) is 10.9. The summed E-state index contributed by atoms with van der Waals surface area (Å²) < 4.78 is 15.8. The largest absolute Gasteiger partial charge is 0.839 e. The molecule has 0 saturated heterocycles. The van der Waals surface area contributed by atoms with Gasteiger partial charge in [0.25, 0.3) is 5.65 Å². The second-order valence-corrected chi connectivity index (χ2v) is 4.57. The number of hydrogen-bond donors (Lipinski definition) is 0. The van der Waals surface area contributed by atoms with Gasteiger partial charge < -0.3 is 5.11 Å². The van der Waals surface area contributed by atoms with Crippen molar-refractivity contribution in [3.05, 3.63) is 30.1 Å². The zero-order chi connectivity index (χ0) is 13.8. The van der Waals surface area contributed by atoms with Gasteiger partial charge in [-0.25, -0.2) is 4.57 Å². The third-order valence-corrected chi connectivity index (χ3v) is 3.22. The molecule has 0 aliphatic heterocycles. The van der Waals surface area contributed by atoms with E-state index in [-0.39, 0.29) is 0 Å². The molecule has 0 aromatic carbocycles. The van der Waals surface area contributed by atoms with Crippen molar-refractivity contribution in [1.82, 2.24) is 4.40 Å². The lowest BCUT2D eigenvalue weighted by atomic mass is 10.2. The highest BCUT2D eigenvalue weighted by Crippen LogP contribution is 2.16. The first-order valence-corrected chi connectivity index (χ1v) is 6.56. The molecule has 0 N–H and O–H groups in total. The number of carbonyl (C=O) groups excluding carboxylic acids is 1. The van der Waals surface area contributed by atoms with Crippen LogP contribution < -0.4 is 9.67 Å². The number of hydrogen-bond acceptors (Lipinski definition) is 2. The number of imidazole rings is 1. The number of pyridine rings is 1. The second-order valence-electron chi connectivity index (χ2n) is 4.57. The summed E-state index contributed by atoms with van der Waals surface area (Å²) in [5.41, 5.74) is 0.149. The van der Waals surface area contributed by atoms with Gasteiger partial charge in [-0.3, -0.25) is 4.79 Å². The molecule has 0 atom stereocenters. The molecule has 2 heterocycles. The van der Waals surface area contributed by atoms with Gasteiger partial charge in [-0.2, -0.15) is 8.79 Å². The van der Waals surface area contributed by atoms with Crippen LogP contribution in [0.25, 0.3) is 5.65 Å². The summed E-state index contributed by atoms with van der Waals surface area (Å²) in [5, 5.41) is 12.1. The van der Waals surface area contributed by atoms with Gasteiger partial charge in [0.2, 0.25) is 5.69 Å². The Morgan fingerprint density at radius 1 is 1.37 bits per heavy atom. The van der Waals surface area contributed by atoms with Crippen molar-refractivity contribution in [2.45, 2.75) is 39.2 Å². The lowest BCUT2D eigenvalue weighted by molar-refractivity contribution is -0.712. The number of fused-ring (bicyclic) bond motifs is 1. The molecule has 102 valence electrons. The molecule has 2 rings (SSSR count). The highest BCUT2D eigenvalue weighted by atomic mass is 19.1. The fourth-order valence-corrected chi connectivity index (χ4v) is 2.27. The summed E-state index contributed by atoms with van der Waals surface area (Å²) >= 11 is 0. The third-order valence-electron chi connectivity index (χ3n) is 3.22. The molecule has 0 radical (unpaired) electrons. The molecule has 19 heavy (non-hydrogen) atoms. The first-order chi connectivity index (χ1) is 9.16. The standard InChI is InChI=1S/C14H17FN2O2/c1-2-3-4-6-10-17-11-8-5-7-9-16(11)12(13(15)18)14(17)19/h5,7-9H,2-4,6,10H2,1H3. The maximum absolute atomic E-state index is 13.0. The van der Waals surface area contributed by atoms with Crippen molar-refractivity contribution in [2.75, 3.05) is 0 Å². The van der Waals surface area contributed by atoms with E-state index in [1.54, 1.807) is 18.2 Å². The van der Waals surface area contributed by atoms with E-state index in [9.17, 15) is 14.3 Å². The third kappa shape index (κ3) is 2.59. The van der Waals surface area contributed by atoms with E-state index >= 15 is 0 Å². The molecule has 0 aliphatic rings. The fraction of sp³-hybridized carbons (Fsp3) is 0.429. The van der Waals surface area contributed by atoms with Gasteiger partial charge in [-0.1, -0.05) is 25.8 Å². The quantitative estimate of drug-likeness (QED) is 0.455. The van der Waals surface area contributed by atoms with Crippen LogP contribution in [0.1, 0.15) is 43.1 Å². The first-order valence-electron chi connectivity index (χ1n) is 6.56. The fourth-order valence-electron chi connectivity index (χ4n) is 2.27. The molecule has 0 fully saturated rings. The highest BCUT2D eigenvalue weighted by Gasteiger charge is 2.24. The van der Waals surface area contributed by atoms with E-state index in [1.165, 1.54) is 15.2 Å². The van der Waals surface area contributed by atoms with Gasteiger partial charge in [-0.05, 0) is 18.9 Å². The van der Waals surface area contributed by atoms with E-state index in [2.05, 4.69) is 6.92 Å². The van der Waals surface area contributed by atoms with E-state index in [0.717, 1.165) is 25.7 Å². The smallest absolute Gasteiger partial charge is 0.374 e. The van der Waals surface area contributed by atoms with Crippen molar-refractivity contribution in [3.63, 3.8) is 0 Å².